The number of thiophene rings is 1. The first-order valence-corrected chi connectivity index (χ1v) is 9.96. The average Bonchev–Trinajstić information content (AvgIpc) is 3.22. The van der Waals surface area contributed by atoms with Gasteiger partial charge in [0.15, 0.2) is 0 Å². The number of benzene rings is 2. The van der Waals surface area contributed by atoms with Crippen LogP contribution in [0.3, 0.4) is 0 Å². The van der Waals surface area contributed by atoms with Crippen molar-refractivity contribution in [3.05, 3.63) is 87.6 Å². The summed E-state index contributed by atoms with van der Waals surface area (Å²) in [5.74, 6) is 0.592. The summed E-state index contributed by atoms with van der Waals surface area (Å²) in [4.78, 5) is 5.63. The highest BCUT2D eigenvalue weighted by atomic mass is 32.1. The Hall–Kier alpha value is -2.43. The number of amidine groups is 1. The van der Waals surface area contributed by atoms with Gasteiger partial charge in [-0.25, -0.2) is 4.99 Å². The highest BCUT2D eigenvalue weighted by Gasteiger charge is 2.20. The van der Waals surface area contributed by atoms with Crippen LogP contribution in [0.15, 0.2) is 71.0 Å². The summed E-state index contributed by atoms with van der Waals surface area (Å²) in [5.41, 5.74) is 11.2. The number of nitrogens with one attached hydrogen (secondary N) is 1. The number of rotatable bonds is 5. The number of aliphatic imine (C=N–C) groups is 1. The fourth-order valence-electron chi connectivity index (χ4n) is 3.54. The predicted octanol–water partition coefficient (Wildman–Crippen LogP) is 4.95. The van der Waals surface area contributed by atoms with Gasteiger partial charge in [-0.3, -0.25) is 0 Å². The molecule has 4 rings (SSSR count). The van der Waals surface area contributed by atoms with Gasteiger partial charge in [-0.05, 0) is 59.5 Å². The van der Waals surface area contributed by atoms with E-state index in [-0.39, 0.29) is 0 Å². The van der Waals surface area contributed by atoms with Crippen molar-refractivity contribution in [1.82, 2.24) is 5.32 Å². The molecule has 0 saturated carbocycles. The number of hydrogen-bond donors (Lipinski definition) is 2. The number of nitrogens with two attached hydrogens (primary N) is 1. The minimum atomic E-state index is 0.409. The molecule has 3 nitrogen and oxygen atoms in total. The van der Waals surface area contributed by atoms with E-state index < -0.39 is 0 Å². The van der Waals surface area contributed by atoms with Crippen LogP contribution >= 0.6 is 11.3 Å². The molecule has 1 aliphatic rings. The molecule has 2 aromatic carbocycles. The van der Waals surface area contributed by atoms with Crippen molar-refractivity contribution in [2.24, 2.45) is 10.7 Å². The lowest BCUT2D eigenvalue weighted by atomic mass is 9.87. The fourth-order valence-corrected chi connectivity index (χ4v) is 4.16. The summed E-state index contributed by atoms with van der Waals surface area (Å²) in [6.07, 6.45) is 3.49. The van der Waals surface area contributed by atoms with Gasteiger partial charge in [0.1, 0.15) is 5.84 Å². The molecule has 0 fully saturated rings. The van der Waals surface area contributed by atoms with E-state index in [2.05, 4.69) is 58.8 Å². The van der Waals surface area contributed by atoms with Gasteiger partial charge in [-0.15, -0.1) is 11.3 Å². The van der Waals surface area contributed by atoms with Crippen molar-refractivity contribution in [1.29, 1.82) is 0 Å². The molecule has 1 atom stereocenters. The Morgan fingerprint density at radius 1 is 1.12 bits per heavy atom. The van der Waals surface area contributed by atoms with E-state index in [0.29, 0.717) is 11.9 Å². The fraction of sp³-hybridized carbons (Fsp3) is 0.227. The predicted molar refractivity (Wildman–Crippen MR) is 110 cm³/mol. The van der Waals surface area contributed by atoms with Gasteiger partial charge in [0, 0.05) is 12.6 Å². The third kappa shape index (κ3) is 3.87. The van der Waals surface area contributed by atoms with Gasteiger partial charge in [0.2, 0.25) is 0 Å². The topological polar surface area (TPSA) is 50.4 Å². The summed E-state index contributed by atoms with van der Waals surface area (Å²) in [5, 5.41) is 5.74. The molecule has 26 heavy (non-hydrogen) atoms. The van der Waals surface area contributed by atoms with Crippen LogP contribution in [0.5, 0.6) is 0 Å². The zero-order valence-corrected chi connectivity index (χ0v) is 15.5. The molecule has 0 amide bonds. The van der Waals surface area contributed by atoms with E-state index in [4.69, 9.17) is 5.73 Å². The highest BCUT2D eigenvalue weighted by molar-refractivity contribution is 7.12. The van der Waals surface area contributed by atoms with Crippen LogP contribution in [0.2, 0.25) is 0 Å². The molecule has 1 aliphatic carbocycles. The maximum Gasteiger partial charge on any atom is 0.141 e. The summed E-state index contributed by atoms with van der Waals surface area (Å²) in [6, 6.07) is 21.5. The van der Waals surface area contributed by atoms with E-state index in [1.807, 2.05) is 17.5 Å². The molecule has 1 aromatic heterocycles. The molecule has 4 heteroatoms. The summed E-state index contributed by atoms with van der Waals surface area (Å²) in [7, 11) is 0. The molecular formula is C22H23N3S. The Labute approximate surface area is 158 Å². The van der Waals surface area contributed by atoms with Crippen molar-refractivity contribution in [3.8, 4) is 0 Å². The molecule has 132 valence electrons. The van der Waals surface area contributed by atoms with Crippen LogP contribution < -0.4 is 11.1 Å². The van der Waals surface area contributed by atoms with Gasteiger partial charge < -0.3 is 11.1 Å². The smallest absolute Gasteiger partial charge is 0.141 e. The number of aryl methyl sites for hydroxylation is 1. The monoisotopic (exact) mass is 361 g/mol. The molecule has 0 aliphatic heterocycles. The molecular weight excluding hydrogens is 338 g/mol. The number of nitrogens with zero attached hydrogens (tertiary/aromatic N) is 1. The largest absolute Gasteiger partial charge is 0.383 e. The average molecular weight is 362 g/mol. The third-order valence-electron chi connectivity index (χ3n) is 4.86. The van der Waals surface area contributed by atoms with E-state index >= 15 is 0 Å². The van der Waals surface area contributed by atoms with E-state index in [1.165, 1.54) is 29.5 Å². The molecule has 0 saturated heterocycles. The summed E-state index contributed by atoms with van der Waals surface area (Å²) < 4.78 is 0. The molecule has 0 radical (unpaired) electrons. The quantitative estimate of drug-likeness (QED) is 0.499. The summed E-state index contributed by atoms with van der Waals surface area (Å²) in [6.45, 7) is 0.899. The lowest BCUT2D eigenvalue weighted by Gasteiger charge is -2.27. The molecule has 3 aromatic rings. The van der Waals surface area contributed by atoms with Crippen molar-refractivity contribution >= 4 is 22.9 Å². The van der Waals surface area contributed by atoms with E-state index in [1.54, 1.807) is 11.3 Å². The second-order valence-corrected chi connectivity index (χ2v) is 7.62. The molecule has 0 bridgehead atoms. The first-order valence-electron chi connectivity index (χ1n) is 9.08. The zero-order valence-electron chi connectivity index (χ0n) is 14.7. The SMILES string of the molecule is NC(=Nc1ccc2c(c1)CCCC2NCc1ccccc1)c1cccs1. The van der Waals surface area contributed by atoms with Crippen LogP contribution in [0.4, 0.5) is 5.69 Å². The maximum absolute atomic E-state index is 6.14. The van der Waals surface area contributed by atoms with Gasteiger partial charge in [0.05, 0.1) is 10.6 Å². The first kappa shape index (κ1) is 17.0. The highest BCUT2D eigenvalue weighted by Crippen LogP contribution is 2.32. The van der Waals surface area contributed by atoms with Crippen LogP contribution in [0.25, 0.3) is 0 Å². The van der Waals surface area contributed by atoms with Crippen molar-refractivity contribution in [3.63, 3.8) is 0 Å². The molecule has 3 N–H and O–H groups in total. The van der Waals surface area contributed by atoms with Crippen LogP contribution in [0.1, 0.15) is 40.5 Å². The first-order chi connectivity index (χ1) is 12.8. The van der Waals surface area contributed by atoms with Gasteiger partial charge in [0.25, 0.3) is 0 Å². The number of fused-ring (bicyclic) bond motifs is 1. The molecule has 1 heterocycles. The zero-order chi connectivity index (χ0) is 17.8. The van der Waals surface area contributed by atoms with Crippen LogP contribution in [-0.2, 0) is 13.0 Å². The standard InChI is InChI=1S/C22H23N3S/c23-22(21-10-5-13-26-21)25-18-11-12-19-17(14-18)8-4-9-20(19)24-15-16-6-2-1-3-7-16/h1-3,5-7,10-14,20,24H,4,8-9,15H2,(H2,23,25). The van der Waals surface area contributed by atoms with E-state index in [0.717, 1.165) is 23.5 Å². The minimum Gasteiger partial charge on any atom is -0.383 e. The van der Waals surface area contributed by atoms with Gasteiger partial charge in [-0.1, -0.05) is 42.5 Å². The molecule has 1 unspecified atom stereocenters. The third-order valence-corrected chi connectivity index (χ3v) is 5.75. The summed E-state index contributed by atoms with van der Waals surface area (Å²) >= 11 is 1.62. The second kappa shape index (κ2) is 7.85. The lowest BCUT2D eigenvalue weighted by molar-refractivity contribution is 0.459. The maximum atomic E-state index is 6.14. The number of hydrogen-bond acceptors (Lipinski definition) is 3. The van der Waals surface area contributed by atoms with Crippen molar-refractivity contribution in [2.75, 3.05) is 0 Å². The lowest BCUT2D eigenvalue weighted by Crippen LogP contribution is -2.24. The van der Waals surface area contributed by atoms with Gasteiger partial charge >= 0.3 is 0 Å². The van der Waals surface area contributed by atoms with Crippen LogP contribution in [-0.4, -0.2) is 5.84 Å². The Morgan fingerprint density at radius 3 is 2.81 bits per heavy atom. The van der Waals surface area contributed by atoms with Gasteiger partial charge in [-0.2, -0.15) is 0 Å². The Bertz CT molecular complexity index is 885. The Balaban J connectivity index is 1.51. The van der Waals surface area contributed by atoms with Crippen LogP contribution in [0, 0.1) is 0 Å². The molecule has 0 spiro atoms. The van der Waals surface area contributed by atoms with E-state index in [9.17, 15) is 0 Å². The van der Waals surface area contributed by atoms with Crippen molar-refractivity contribution in [2.45, 2.75) is 31.8 Å². The van der Waals surface area contributed by atoms with Crippen molar-refractivity contribution < 1.29 is 0 Å². The second-order valence-electron chi connectivity index (χ2n) is 6.67. The minimum absolute atomic E-state index is 0.409. The Morgan fingerprint density at radius 2 is 2.00 bits per heavy atom. The normalized spacial score (nSPS) is 17.1. The Kier molecular flexibility index (Phi) is 5.14.